The molecule has 10 nitrogen and oxygen atoms in total. The zero-order chi connectivity index (χ0) is 22.8. The van der Waals surface area contributed by atoms with Crippen LogP contribution in [0.3, 0.4) is 0 Å². The molecule has 0 bridgehead atoms. The van der Waals surface area contributed by atoms with Crippen molar-refractivity contribution in [3.63, 3.8) is 0 Å². The first-order chi connectivity index (χ1) is 15.4. The van der Waals surface area contributed by atoms with Crippen LogP contribution in [-0.4, -0.2) is 48.9 Å². The number of barbiturate groups is 1. The van der Waals surface area contributed by atoms with Gasteiger partial charge < -0.3 is 10.2 Å². The van der Waals surface area contributed by atoms with Crippen molar-refractivity contribution in [3.05, 3.63) is 69.5 Å². The molecule has 2 aliphatic rings. The molecule has 2 aliphatic heterocycles. The number of anilines is 2. The van der Waals surface area contributed by atoms with Crippen LogP contribution in [0, 0.1) is 15.9 Å². The fourth-order valence-corrected chi connectivity index (χ4v) is 3.63. The Morgan fingerprint density at radius 1 is 1.03 bits per heavy atom. The minimum Gasteiger partial charge on any atom is -0.368 e. The van der Waals surface area contributed by atoms with Gasteiger partial charge in [0, 0.05) is 49.6 Å². The molecule has 32 heavy (non-hydrogen) atoms. The van der Waals surface area contributed by atoms with Crippen LogP contribution in [0.1, 0.15) is 5.56 Å². The van der Waals surface area contributed by atoms with Gasteiger partial charge in [-0.05, 0) is 24.3 Å². The van der Waals surface area contributed by atoms with Crippen LogP contribution in [-0.2, 0) is 9.59 Å². The van der Waals surface area contributed by atoms with E-state index in [0.717, 1.165) is 6.07 Å². The van der Waals surface area contributed by atoms with Gasteiger partial charge in [0.1, 0.15) is 11.4 Å². The smallest absolute Gasteiger partial charge is 0.336 e. The van der Waals surface area contributed by atoms with Gasteiger partial charge in [-0.2, -0.15) is 0 Å². The van der Waals surface area contributed by atoms with Gasteiger partial charge in [-0.15, -0.1) is 0 Å². The first-order valence-electron chi connectivity index (χ1n) is 9.77. The molecule has 164 valence electrons. The van der Waals surface area contributed by atoms with E-state index in [1.807, 2.05) is 10.2 Å². The number of para-hydroxylation sites is 1. The van der Waals surface area contributed by atoms with Crippen molar-refractivity contribution in [1.82, 2.24) is 10.6 Å². The summed E-state index contributed by atoms with van der Waals surface area (Å²) >= 11 is 0. The predicted octanol–water partition coefficient (Wildman–Crippen LogP) is 1.81. The van der Waals surface area contributed by atoms with Crippen molar-refractivity contribution in [2.75, 3.05) is 36.0 Å². The predicted molar refractivity (Wildman–Crippen MR) is 114 cm³/mol. The van der Waals surface area contributed by atoms with Gasteiger partial charge in [-0.25, -0.2) is 14.1 Å². The van der Waals surface area contributed by atoms with Crippen molar-refractivity contribution in [2.45, 2.75) is 0 Å². The molecular formula is C21H18FN5O5. The minimum absolute atomic E-state index is 0.221. The Hall–Kier alpha value is -4.12. The summed E-state index contributed by atoms with van der Waals surface area (Å²) in [7, 11) is 0. The Morgan fingerprint density at radius 2 is 1.75 bits per heavy atom. The molecule has 0 radical (unpaired) electrons. The molecule has 4 amide bonds. The summed E-state index contributed by atoms with van der Waals surface area (Å²) in [6.45, 7) is 2.63. The van der Waals surface area contributed by atoms with Crippen molar-refractivity contribution in [3.8, 4) is 0 Å². The molecule has 4 rings (SSSR count). The third kappa shape index (κ3) is 3.93. The van der Waals surface area contributed by atoms with Crippen LogP contribution in [0.4, 0.5) is 26.2 Å². The van der Waals surface area contributed by atoms with Crippen LogP contribution in [0.2, 0.25) is 0 Å². The van der Waals surface area contributed by atoms with E-state index in [4.69, 9.17) is 0 Å². The van der Waals surface area contributed by atoms with E-state index >= 15 is 0 Å². The fourth-order valence-electron chi connectivity index (χ4n) is 3.63. The zero-order valence-corrected chi connectivity index (χ0v) is 16.7. The van der Waals surface area contributed by atoms with Crippen LogP contribution in [0.5, 0.6) is 0 Å². The number of nitrogens with zero attached hydrogens (tertiary/aromatic N) is 3. The quantitative estimate of drug-likeness (QED) is 0.322. The first-order valence-corrected chi connectivity index (χ1v) is 9.77. The molecule has 0 unspecified atom stereocenters. The maximum atomic E-state index is 14.3. The monoisotopic (exact) mass is 439 g/mol. The van der Waals surface area contributed by atoms with Gasteiger partial charge in [0.25, 0.3) is 17.5 Å². The lowest BCUT2D eigenvalue weighted by Gasteiger charge is -2.31. The molecule has 2 N–H and O–H groups in total. The number of urea groups is 1. The molecule has 2 aromatic rings. The Kier molecular flexibility index (Phi) is 5.65. The van der Waals surface area contributed by atoms with Gasteiger partial charge in [0.15, 0.2) is 0 Å². The van der Waals surface area contributed by atoms with Gasteiger partial charge >= 0.3 is 6.03 Å². The number of nitrogens with one attached hydrogen (secondary N) is 2. The summed E-state index contributed by atoms with van der Waals surface area (Å²) in [5.41, 5.74) is -0.108. The van der Waals surface area contributed by atoms with Crippen LogP contribution in [0.25, 0.3) is 6.08 Å². The Balaban J connectivity index is 1.80. The number of halogens is 1. The fraction of sp³-hybridized carbons (Fsp3) is 0.190. The summed E-state index contributed by atoms with van der Waals surface area (Å²) < 4.78 is 14.3. The highest BCUT2D eigenvalue weighted by Crippen LogP contribution is 2.30. The number of nitro benzene ring substituents is 1. The molecule has 0 atom stereocenters. The number of non-ortho nitro benzene ring substituents is 1. The topological polar surface area (TPSA) is 125 Å². The highest BCUT2D eigenvalue weighted by atomic mass is 19.1. The molecule has 2 fully saturated rings. The molecule has 0 aromatic heterocycles. The second kappa shape index (κ2) is 8.55. The molecule has 2 saturated heterocycles. The van der Waals surface area contributed by atoms with Crippen LogP contribution in [0.15, 0.2) is 48.0 Å². The molecule has 2 heterocycles. The van der Waals surface area contributed by atoms with E-state index < -0.39 is 34.2 Å². The molecule has 0 saturated carbocycles. The summed E-state index contributed by atoms with van der Waals surface area (Å²) in [6, 6.07) is 8.24. The lowest BCUT2D eigenvalue weighted by Crippen LogP contribution is -2.54. The van der Waals surface area contributed by atoms with Crippen molar-refractivity contribution in [1.29, 1.82) is 0 Å². The normalized spacial score (nSPS) is 18.2. The highest BCUT2D eigenvalue weighted by molar-refractivity contribution is 6.39. The van der Waals surface area contributed by atoms with Crippen molar-refractivity contribution >= 4 is 41.0 Å². The second-order valence-electron chi connectivity index (χ2n) is 7.15. The second-order valence-corrected chi connectivity index (χ2v) is 7.15. The minimum atomic E-state index is -1.08. The number of benzene rings is 2. The molecular weight excluding hydrogens is 421 g/mol. The number of hydrogen-bond acceptors (Lipinski definition) is 7. The van der Waals surface area contributed by atoms with E-state index in [2.05, 4.69) is 5.32 Å². The van der Waals surface area contributed by atoms with Gasteiger partial charge in [0.05, 0.1) is 10.6 Å². The third-order valence-corrected chi connectivity index (χ3v) is 5.17. The summed E-state index contributed by atoms with van der Waals surface area (Å²) in [6.07, 6.45) is 1.20. The summed E-state index contributed by atoms with van der Waals surface area (Å²) in [5.74, 6) is -2.81. The van der Waals surface area contributed by atoms with Crippen molar-refractivity contribution < 1.29 is 23.7 Å². The number of carbonyl (C=O) groups is 3. The molecule has 0 aliphatic carbocycles. The molecule has 2 aromatic carbocycles. The summed E-state index contributed by atoms with van der Waals surface area (Å²) in [4.78, 5) is 51.1. The van der Waals surface area contributed by atoms with Crippen LogP contribution < -0.4 is 20.4 Å². The number of carbonyl (C=O) groups excluding carboxylic acids is 3. The number of amides is 4. The summed E-state index contributed by atoms with van der Waals surface area (Å²) in [5, 5.41) is 16.5. The standard InChI is InChI=1S/C21H18FN5O5/c22-16-3-1-2-4-18(16)26-20(29)15(19(28)24-21(26)30)12-13-11-14(27(31)32)5-6-17(13)25-9-7-23-8-10-25/h1-6,11-12,23H,7-10H2,(H,24,28,30)/b15-12-. The maximum Gasteiger partial charge on any atom is 0.336 e. The SMILES string of the molecule is O=C1NC(=O)N(c2ccccc2F)C(=O)/C1=C\c1cc([N+](=O)[O-])ccc1N1CCNCC1. The van der Waals surface area contributed by atoms with Gasteiger partial charge in [0.2, 0.25) is 0 Å². The number of piperazine rings is 1. The Bertz CT molecular complexity index is 1160. The third-order valence-electron chi connectivity index (χ3n) is 5.17. The van der Waals surface area contributed by atoms with Crippen LogP contribution >= 0.6 is 0 Å². The largest absolute Gasteiger partial charge is 0.368 e. The number of nitro groups is 1. The van der Waals surface area contributed by atoms with Gasteiger partial charge in [-0.3, -0.25) is 25.0 Å². The Labute approximate surface area is 181 Å². The Morgan fingerprint density at radius 3 is 2.44 bits per heavy atom. The maximum absolute atomic E-state index is 14.3. The average molecular weight is 439 g/mol. The molecule has 11 heteroatoms. The van der Waals surface area contributed by atoms with E-state index in [1.165, 1.54) is 36.4 Å². The highest BCUT2D eigenvalue weighted by Gasteiger charge is 2.38. The van der Waals surface area contributed by atoms with Gasteiger partial charge in [-0.1, -0.05) is 12.1 Å². The molecule has 0 spiro atoms. The van der Waals surface area contributed by atoms with Crippen molar-refractivity contribution in [2.24, 2.45) is 0 Å². The number of rotatable bonds is 4. The number of hydrogen-bond donors (Lipinski definition) is 2. The van der Waals surface area contributed by atoms with E-state index in [9.17, 15) is 28.9 Å². The lowest BCUT2D eigenvalue weighted by molar-refractivity contribution is -0.384. The lowest BCUT2D eigenvalue weighted by atomic mass is 10.0. The first kappa shape index (κ1) is 21.1. The van der Waals surface area contributed by atoms with E-state index in [1.54, 1.807) is 6.07 Å². The zero-order valence-electron chi connectivity index (χ0n) is 16.7. The average Bonchev–Trinajstić information content (AvgIpc) is 2.78. The van der Waals surface area contributed by atoms with E-state index in [0.29, 0.717) is 36.8 Å². The number of imide groups is 2. The van der Waals surface area contributed by atoms with E-state index in [-0.39, 0.29) is 16.9 Å².